The number of rotatable bonds is 4. The molecule has 1 aliphatic rings. The smallest absolute Gasteiger partial charge is 0.244 e. The van der Waals surface area contributed by atoms with E-state index in [4.69, 9.17) is 0 Å². The highest BCUT2D eigenvalue weighted by atomic mass is 32.2. The number of hydrogen-bond donors (Lipinski definition) is 1. The predicted octanol–water partition coefficient (Wildman–Crippen LogP) is 3.68. The molecule has 8 heteroatoms. The van der Waals surface area contributed by atoms with E-state index in [1.807, 2.05) is 6.92 Å². The van der Waals surface area contributed by atoms with Gasteiger partial charge in [0, 0.05) is 12.6 Å². The summed E-state index contributed by atoms with van der Waals surface area (Å²) in [6.45, 7) is 5.55. The first-order chi connectivity index (χ1) is 13.1. The first kappa shape index (κ1) is 20.4. The number of benzene rings is 2. The van der Waals surface area contributed by atoms with Crippen LogP contribution < -0.4 is 5.32 Å². The third-order valence-corrected chi connectivity index (χ3v) is 7.08. The van der Waals surface area contributed by atoms with Crippen molar-refractivity contribution >= 4 is 21.6 Å². The van der Waals surface area contributed by atoms with Gasteiger partial charge in [0.05, 0.1) is 10.6 Å². The van der Waals surface area contributed by atoms with Crippen LogP contribution in [0.4, 0.5) is 14.5 Å². The standard InChI is InChI=1S/C20H22F2N2O3S/c1-12-9-13(2)19(14(3)10-12)28(26,27)24-8-4-5-18(24)20(25)23-17-7-6-15(21)11-16(17)22/h6-7,9-11,18H,4-5,8H2,1-3H3,(H,23,25). The molecule has 1 aliphatic heterocycles. The van der Waals surface area contributed by atoms with Crippen LogP contribution >= 0.6 is 0 Å². The first-order valence-electron chi connectivity index (χ1n) is 8.97. The van der Waals surface area contributed by atoms with Crippen molar-refractivity contribution < 1.29 is 22.0 Å². The second kappa shape index (κ2) is 7.60. The second-order valence-electron chi connectivity index (χ2n) is 7.12. The maximum Gasteiger partial charge on any atom is 0.244 e. The summed E-state index contributed by atoms with van der Waals surface area (Å²) in [5, 5.41) is 2.38. The Morgan fingerprint density at radius 3 is 2.36 bits per heavy atom. The summed E-state index contributed by atoms with van der Waals surface area (Å²) < 4.78 is 54.7. The van der Waals surface area contributed by atoms with Crippen LogP contribution in [0.3, 0.4) is 0 Å². The molecule has 1 N–H and O–H groups in total. The van der Waals surface area contributed by atoms with Gasteiger partial charge in [-0.3, -0.25) is 4.79 Å². The van der Waals surface area contributed by atoms with Gasteiger partial charge in [-0.2, -0.15) is 4.31 Å². The maximum atomic E-state index is 13.9. The van der Waals surface area contributed by atoms with E-state index in [-0.39, 0.29) is 17.1 Å². The highest BCUT2D eigenvalue weighted by molar-refractivity contribution is 7.89. The van der Waals surface area contributed by atoms with Crippen LogP contribution in [0, 0.1) is 32.4 Å². The molecular formula is C20H22F2N2O3S. The van der Waals surface area contributed by atoms with E-state index in [1.165, 1.54) is 4.31 Å². The minimum absolute atomic E-state index is 0.182. The van der Waals surface area contributed by atoms with Gasteiger partial charge in [0.25, 0.3) is 0 Å². The van der Waals surface area contributed by atoms with Gasteiger partial charge < -0.3 is 5.32 Å². The highest BCUT2D eigenvalue weighted by Gasteiger charge is 2.40. The fraction of sp³-hybridized carbons (Fsp3) is 0.350. The summed E-state index contributed by atoms with van der Waals surface area (Å²) in [4.78, 5) is 12.9. The predicted molar refractivity (Wildman–Crippen MR) is 103 cm³/mol. The van der Waals surface area contributed by atoms with E-state index in [2.05, 4.69) is 5.32 Å². The number of nitrogens with one attached hydrogen (secondary N) is 1. The molecule has 5 nitrogen and oxygen atoms in total. The summed E-state index contributed by atoms with van der Waals surface area (Å²) in [6, 6.07) is 5.44. The van der Waals surface area contributed by atoms with Gasteiger partial charge >= 0.3 is 0 Å². The zero-order valence-corrected chi connectivity index (χ0v) is 16.7. The average molecular weight is 408 g/mol. The Labute approximate surface area is 163 Å². The molecule has 0 bridgehead atoms. The molecule has 0 aliphatic carbocycles. The third kappa shape index (κ3) is 3.79. The van der Waals surface area contributed by atoms with Gasteiger partial charge in [0.2, 0.25) is 15.9 Å². The normalized spacial score (nSPS) is 17.7. The lowest BCUT2D eigenvalue weighted by Crippen LogP contribution is -2.43. The van der Waals surface area contributed by atoms with Crippen molar-refractivity contribution in [3.8, 4) is 0 Å². The fourth-order valence-corrected chi connectivity index (χ4v) is 5.86. The van der Waals surface area contributed by atoms with Gasteiger partial charge in [0.1, 0.15) is 17.7 Å². The summed E-state index contributed by atoms with van der Waals surface area (Å²) >= 11 is 0. The maximum absolute atomic E-state index is 13.9. The van der Waals surface area contributed by atoms with Crippen LogP contribution in [0.15, 0.2) is 35.2 Å². The molecule has 0 saturated carbocycles. The molecule has 1 amide bonds. The van der Waals surface area contributed by atoms with Crippen molar-refractivity contribution in [3.63, 3.8) is 0 Å². The van der Waals surface area contributed by atoms with Crippen LogP contribution in [-0.4, -0.2) is 31.2 Å². The van der Waals surface area contributed by atoms with Crippen molar-refractivity contribution in [2.24, 2.45) is 0 Å². The Bertz CT molecular complexity index is 1010. The Hall–Kier alpha value is -2.32. The van der Waals surface area contributed by atoms with Crippen molar-refractivity contribution in [2.75, 3.05) is 11.9 Å². The number of sulfonamides is 1. The Morgan fingerprint density at radius 2 is 1.75 bits per heavy atom. The zero-order chi connectivity index (χ0) is 20.6. The molecule has 0 spiro atoms. The average Bonchev–Trinajstić information content (AvgIpc) is 3.06. The summed E-state index contributed by atoms with van der Waals surface area (Å²) in [5.74, 6) is -2.30. The van der Waals surface area contributed by atoms with Crippen molar-refractivity contribution in [3.05, 3.63) is 58.7 Å². The summed E-state index contributed by atoms with van der Waals surface area (Å²) in [5.41, 5.74) is 2.01. The summed E-state index contributed by atoms with van der Waals surface area (Å²) in [6.07, 6.45) is 0.852. The molecule has 3 rings (SSSR count). The molecule has 150 valence electrons. The van der Waals surface area contributed by atoms with E-state index in [9.17, 15) is 22.0 Å². The van der Waals surface area contributed by atoms with Gasteiger partial charge in [-0.1, -0.05) is 17.7 Å². The largest absolute Gasteiger partial charge is 0.322 e. The van der Waals surface area contributed by atoms with E-state index in [1.54, 1.807) is 26.0 Å². The van der Waals surface area contributed by atoms with Crippen LogP contribution in [0.2, 0.25) is 0 Å². The quantitative estimate of drug-likeness (QED) is 0.839. The first-order valence-corrected chi connectivity index (χ1v) is 10.4. The molecule has 1 heterocycles. The molecule has 1 saturated heterocycles. The number of carbonyl (C=O) groups excluding carboxylic acids is 1. The Balaban J connectivity index is 1.91. The van der Waals surface area contributed by atoms with E-state index in [0.717, 1.165) is 17.7 Å². The lowest BCUT2D eigenvalue weighted by molar-refractivity contribution is -0.119. The van der Waals surface area contributed by atoms with Crippen LogP contribution in [0.25, 0.3) is 0 Å². The van der Waals surface area contributed by atoms with Crippen LogP contribution in [-0.2, 0) is 14.8 Å². The van der Waals surface area contributed by atoms with E-state index >= 15 is 0 Å². The minimum atomic E-state index is -3.90. The van der Waals surface area contributed by atoms with Crippen molar-refractivity contribution in [1.82, 2.24) is 4.31 Å². The number of halogens is 2. The van der Waals surface area contributed by atoms with Gasteiger partial charge in [-0.15, -0.1) is 0 Å². The monoisotopic (exact) mass is 408 g/mol. The molecule has 28 heavy (non-hydrogen) atoms. The Kier molecular flexibility index (Phi) is 5.54. The SMILES string of the molecule is Cc1cc(C)c(S(=O)(=O)N2CCCC2C(=O)Nc2ccc(F)cc2F)c(C)c1. The summed E-state index contributed by atoms with van der Waals surface area (Å²) in [7, 11) is -3.90. The second-order valence-corrected chi connectivity index (χ2v) is 8.94. The topological polar surface area (TPSA) is 66.5 Å². The number of hydrogen-bond acceptors (Lipinski definition) is 3. The number of amides is 1. The number of nitrogens with zero attached hydrogens (tertiary/aromatic N) is 1. The Morgan fingerprint density at radius 1 is 1.11 bits per heavy atom. The van der Waals surface area contributed by atoms with E-state index in [0.29, 0.717) is 30.0 Å². The molecule has 1 fully saturated rings. The minimum Gasteiger partial charge on any atom is -0.322 e. The van der Waals surface area contributed by atoms with Crippen LogP contribution in [0.1, 0.15) is 29.5 Å². The van der Waals surface area contributed by atoms with Gasteiger partial charge in [-0.25, -0.2) is 17.2 Å². The molecule has 2 aromatic carbocycles. The van der Waals surface area contributed by atoms with E-state index < -0.39 is 33.6 Å². The lowest BCUT2D eigenvalue weighted by Gasteiger charge is -2.25. The van der Waals surface area contributed by atoms with Crippen LogP contribution in [0.5, 0.6) is 0 Å². The zero-order valence-electron chi connectivity index (χ0n) is 15.9. The molecule has 0 radical (unpaired) electrons. The molecule has 1 unspecified atom stereocenters. The molecule has 1 atom stereocenters. The van der Waals surface area contributed by atoms with Gasteiger partial charge in [0.15, 0.2) is 0 Å². The fourth-order valence-electron chi connectivity index (χ4n) is 3.79. The highest BCUT2D eigenvalue weighted by Crippen LogP contribution is 2.31. The van der Waals surface area contributed by atoms with Crippen molar-refractivity contribution in [1.29, 1.82) is 0 Å². The third-order valence-electron chi connectivity index (χ3n) is 4.87. The number of anilines is 1. The van der Waals surface area contributed by atoms with Gasteiger partial charge in [-0.05, 0) is 56.9 Å². The number of carbonyl (C=O) groups is 1. The molecule has 0 aromatic heterocycles. The lowest BCUT2D eigenvalue weighted by atomic mass is 10.1. The van der Waals surface area contributed by atoms with Crippen molar-refractivity contribution in [2.45, 2.75) is 44.6 Å². The number of aryl methyl sites for hydroxylation is 3. The molecular weight excluding hydrogens is 386 g/mol. The molecule has 2 aromatic rings.